The molecule has 1 fully saturated rings. The Hall–Kier alpha value is -3.06. The molecule has 3 rings (SSSR count). The van der Waals surface area contributed by atoms with E-state index in [1.807, 2.05) is 29.2 Å². The molecule has 0 saturated carbocycles. The summed E-state index contributed by atoms with van der Waals surface area (Å²) in [6.45, 7) is 1.71. The van der Waals surface area contributed by atoms with Gasteiger partial charge in [-0.05, 0) is 24.3 Å². The molecule has 0 spiro atoms. The molecule has 1 atom stereocenters. The molecule has 2 aromatic carbocycles. The summed E-state index contributed by atoms with van der Waals surface area (Å²) in [7, 11) is 1.63. The molecule has 3 N–H and O–H groups in total. The second-order valence-electron chi connectivity index (χ2n) is 6.24. The largest absolute Gasteiger partial charge is 0.496 e. The summed E-state index contributed by atoms with van der Waals surface area (Å²) in [6, 6.07) is 14.4. The lowest BCUT2D eigenvalue weighted by Gasteiger charge is -2.37. The highest BCUT2D eigenvalue weighted by atomic mass is 16.5. The average molecular weight is 369 g/mol. The molecule has 0 aliphatic carbocycles. The van der Waals surface area contributed by atoms with Crippen molar-refractivity contribution in [1.29, 1.82) is 0 Å². The van der Waals surface area contributed by atoms with Crippen LogP contribution in [0.4, 0.5) is 0 Å². The van der Waals surface area contributed by atoms with Crippen LogP contribution >= 0.6 is 0 Å². The monoisotopic (exact) mass is 369 g/mol. The van der Waals surface area contributed by atoms with E-state index in [0.29, 0.717) is 24.4 Å². The van der Waals surface area contributed by atoms with Crippen molar-refractivity contribution in [3.63, 3.8) is 0 Å². The highest BCUT2D eigenvalue weighted by Gasteiger charge is 2.30. The Labute approximate surface area is 158 Å². The van der Waals surface area contributed by atoms with E-state index in [9.17, 15) is 9.59 Å². The van der Waals surface area contributed by atoms with Gasteiger partial charge in [0.05, 0.1) is 13.2 Å². The topological polar surface area (TPSA) is 93.9 Å². The number of hydrogen-bond acceptors (Lipinski definition) is 5. The van der Waals surface area contributed by atoms with Gasteiger partial charge in [0.25, 0.3) is 11.8 Å². The summed E-state index contributed by atoms with van der Waals surface area (Å²) in [4.78, 5) is 25.9. The lowest BCUT2D eigenvalue weighted by Crippen LogP contribution is -2.48. The molecule has 7 nitrogen and oxygen atoms in total. The number of ether oxygens (including phenoxy) is 2. The first-order chi connectivity index (χ1) is 13.1. The zero-order valence-corrected chi connectivity index (χ0v) is 15.2. The van der Waals surface area contributed by atoms with Crippen molar-refractivity contribution >= 4 is 11.8 Å². The molecule has 2 amide bonds. The van der Waals surface area contributed by atoms with E-state index in [1.54, 1.807) is 31.4 Å². The first kappa shape index (κ1) is 18.7. The number of carbonyl (C=O) groups is 2. The Morgan fingerprint density at radius 1 is 1.22 bits per heavy atom. The number of piperazine rings is 1. The number of nitrogens with one attached hydrogen (secondary N) is 1. The summed E-state index contributed by atoms with van der Waals surface area (Å²) < 4.78 is 10.8. The standard InChI is InChI=1S/C20H23N3O4/c1-26-18-8-3-2-7-16(18)17-12-22-9-10-23(17)20(25)14-5-4-6-15(11-14)27-13-19(21)24/h2-8,11,17,22H,9-10,12-13H2,1H3,(H2,21,24). The lowest BCUT2D eigenvalue weighted by atomic mass is 10.0. The number of nitrogens with zero attached hydrogens (tertiary/aromatic N) is 1. The van der Waals surface area contributed by atoms with Gasteiger partial charge in [0, 0.05) is 30.8 Å². The SMILES string of the molecule is COc1ccccc1C1CNCCN1C(=O)c1cccc(OCC(N)=O)c1. The number of amides is 2. The van der Waals surface area contributed by atoms with Crippen LogP contribution in [-0.4, -0.2) is 50.1 Å². The van der Waals surface area contributed by atoms with Gasteiger partial charge in [-0.25, -0.2) is 0 Å². The molecule has 1 heterocycles. The van der Waals surface area contributed by atoms with Gasteiger partial charge in [0.1, 0.15) is 11.5 Å². The Morgan fingerprint density at radius 2 is 2.04 bits per heavy atom. The zero-order valence-electron chi connectivity index (χ0n) is 15.2. The second-order valence-corrected chi connectivity index (χ2v) is 6.24. The summed E-state index contributed by atoms with van der Waals surface area (Å²) >= 11 is 0. The van der Waals surface area contributed by atoms with E-state index < -0.39 is 5.91 Å². The van der Waals surface area contributed by atoms with Gasteiger partial charge < -0.3 is 25.4 Å². The van der Waals surface area contributed by atoms with E-state index >= 15 is 0 Å². The predicted octanol–water partition coefficient (Wildman–Crippen LogP) is 1.35. The maximum atomic E-state index is 13.2. The molecular formula is C20H23N3O4. The van der Waals surface area contributed by atoms with Crippen molar-refractivity contribution in [3.8, 4) is 11.5 Å². The molecule has 1 unspecified atom stereocenters. The number of primary amides is 1. The average Bonchev–Trinajstić information content (AvgIpc) is 2.72. The van der Waals surface area contributed by atoms with Crippen molar-refractivity contribution in [3.05, 3.63) is 59.7 Å². The Bertz CT molecular complexity index is 824. The van der Waals surface area contributed by atoms with E-state index in [2.05, 4.69) is 5.32 Å². The van der Waals surface area contributed by atoms with Gasteiger partial charge in [-0.1, -0.05) is 24.3 Å². The van der Waals surface area contributed by atoms with Gasteiger partial charge in [-0.3, -0.25) is 9.59 Å². The van der Waals surface area contributed by atoms with Crippen molar-refractivity contribution < 1.29 is 19.1 Å². The van der Waals surface area contributed by atoms with Gasteiger partial charge in [0.15, 0.2) is 6.61 Å². The Kier molecular flexibility index (Phi) is 5.93. The first-order valence-corrected chi connectivity index (χ1v) is 8.76. The molecular weight excluding hydrogens is 346 g/mol. The van der Waals surface area contributed by atoms with Crippen LogP contribution in [0.1, 0.15) is 22.0 Å². The van der Waals surface area contributed by atoms with Crippen molar-refractivity contribution in [2.24, 2.45) is 5.73 Å². The summed E-state index contributed by atoms with van der Waals surface area (Å²) in [5.74, 6) is 0.521. The van der Waals surface area contributed by atoms with Gasteiger partial charge in [0.2, 0.25) is 0 Å². The molecule has 7 heteroatoms. The van der Waals surface area contributed by atoms with E-state index in [0.717, 1.165) is 17.9 Å². The Balaban J connectivity index is 1.85. The third kappa shape index (κ3) is 4.38. The predicted molar refractivity (Wildman–Crippen MR) is 101 cm³/mol. The molecule has 1 aliphatic rings. The van der Waals surface area contributed by atoms with E-state index in [1.165, 1.54) is 0 Å². The molecule has 0 radical (unpaired) electrons. The van der Waals surface area contributed by atoms with Crippen LogP contribution in [0, 0.1) is 0 Å². The number of rotatable bonds is 6. The maximum Gasteiger partial charge on any atom is 0.255 e. The van der Waals surface area contributed by atoms with Crippen LogP contribution in [0.2, 0.25) is 0 Å². The molecule has 27 heavy (non-hydrogen) atoms. The number of nitrogens with two attached hydrogens (primary N) is 1. The van der Waals surface area contributed by atoms with Crippen LogP contribution in [0.3, 0.4) is 0 Å². The number of benzene rings is 2. The number of para-hydroxylation sites is 1. The number of hydrogen-bond donors (Lipinski definition) is 2. The van der Waals surface area contributed by atoms with E-state index in [-0.39, 0.29) is 18.6 Å². The minimum Gasteiger partial charge on any atom is -0.496 e. The van der Waals surface area contributed by atoms with Crippen LogP contribution < -0.4 is 20.5 Å². The zero-order chi connectivity index (χ0) is 19.2. The van der Waals surface area contributed by atoms with Gasteiger partial charge in [-0.2, -0.15) is 0 Å². The third-order valence-corrected chi connectivity index (χ3v) is 4.46. The molecule has 142 valence electrons. The summed E-state index contributed by atoms with van der Waals surface area (Å²) in [6.07, 6.45) is 0. The van der Waals surface area contributed by atoms with Crippen molar-refractivity contribution in [1.82, 2.24) is 10.2 Å². The smallest absolute Gasteiger partial charge is 0.255 e. The molecule has 1 aliphatic heterocycles. The van der Waals surface area contributed by atoms with Crippen LogP contribution in [0.15, 0.2) is 48.5 Å². The van der Waals surface area contributed by atoms with Gasteiger partial charge in [-0.15, -0.1) is 0 Å². The molecule has 0 bridgehead atoms. The van der Waals surface area contributed by atoms with Gasteiger partial charge >= 0.3 is 0 Å². The van der Waals surface area contributed by atoms with Crippen LogP contribution in [0.25, 0.3) is 0 Å². The van der Waals surface area contributed by atoms with E-state index in [4.69, 9.17) is 15.2 Å². The normalized spacial score (nSPS) is 16.6. The van der Waals surface area contributed by atoms with Crippen LogP contribution in [0.5, 0.6) is 11.5 Å². The summed E-state index contributed by atoms with van der Waals surface area (Å²) in [5.41, 5.74) is 6.57. The number of carbonyl (C=O) groups excluding carboxylic acids is 2. The molecule has 1 saturated heterocycles. The van der Waals surface area contributed by atoms with Crippen molar-refractivity contribution in [2.45, 2.75) is 6.04 Å². The maximum absolute atomic E-state index is 13.2. The highest BCUT2D eigenvalue weighted by molar-refractivity contribution is 5.95. The lowest BCUT2D eigenvalue weighted by molar-refractivity contribution is -0.119. The number of methoxy groups -OCH3 is 1. The fraction of sp³-hybridized carbons (Fsp3) is 0.300. The first-order valence-electron chi connectivity index (χ1n) is 8.76. The minimum absolute atomic E-state index is 0.100. The minimum atomic E-state index is -0.565. The van der Waals surface area contributed by atoms with Crippen molar-refractivity contribution in [2.75, 3.05) is 33.4 Å². The third-order valence-electron chi connectivity index (χ3n) is 4.46. The highest BCUT2D eigenvalue weighted by Crippen LogP contribution is 2.31. The summed E-state index contributed by atoms with van der Waals surface area (Å²) in [5, 5.41) is 3.34. The molecule has 0 aromatic heterocycles. The molecule has 2 aromatic rings. The van der Waals surface area contributed by atoms with Crippen LogP contribution in [-0.2, 0) is 4.79 Å². The Morgan fingerprint density at radius 3 is 2.81 bits per heavy atom. The fourth-order valence-electron chi connectivity index (χ4n) is 3.21. The fourth-order valence-corrected chi connectivity index (χ4v) is 3.21. The second kappa shape index (κ2) is 8.55. The quantitative estimate of drug-likeness (QED) is 0.802.